The highest BCUT2D eigenvalue weighted by Gasteiger charge is 2.23. The highest BCUT2D eigenvalue weighted by atomic mass is 28.3. The van der Waals surface area contributed by atoms with Crippen LogP contribution in [0.25, 0.3) is 0 Å². The molecule has 0 spiro atoms. The Bertz CT molecular complexity index is 487. The van der Waals surface area contributed by atoms with Crippen LogP contribution in [0.1, 0.15) is 31.9 Å². The third-order valence-corrected chi connectivity index (χ3v) is 5.32. The molecule has 3 nitrogen and oxygen atoms in total. The number of hydrogen-bond donors (Lipinski definition) is 0. The molecule has 4 heteroatoms. The topological polar surface area (TPSA) is 35.5 Å². The van der Waals surface area contributed by atoms with E-state index in [9.17, 15) is 4.79 Å². The molecule has 112 valence electrons. The first-order valence-electron chi connectivity index (χ1n) is 7.02. The van der Waals surface area contributed by atoms with Crippen molar-refractivity contribution in [2.75, 3.05) is 13.7 Å². The molecule has 0 saturated heterocycles. The van der Waals surface area contributed by atoms with Gasteiger partial charge in [0, 0.05) is 0 Å². The van der Waals surface area contributed by atoms with Gasteiger partial charge < -0.3 is 9.47 Å². The molecule has 1 rings (SSSR count). The SMILES string of the molecule is COC(=O)COc1ccc(C(C)(C)C)c([SiH](C)C)c1C. The fraction of sp³-hybridized carbons (Fsp3) is 0.562. The fourth-order valence-electron chi connectivity index (χ4n) is 2.46. The van der Waals surface area contributed by atoms with Crippen molar-refractivity contribution in [3.63, 3.8) is 0 Å². The Kier molecular flexibility index (Phi) is 5.40. The Labute approximate surface area is 123 Å². The van der Waals surface area contributed by atoms with Crippen LogP contribution in [0, 0.1) is 6.92 Å². The summed E-state index contributed by atoms with van der Waals surface area (Å²) in [5.41, 5.74) is 2.68. The maximum atomic E-state index is 11.2. The van der Waals surface area contributed by atoms with Gasteiger partial charge in [-0.3, -0.25) is 0 Å². The first-order chi connectivity index (χ1) is 9.18. The molecular formula is C16H26O3Si. The van der Waals surface area contributed by atoms with Gasteiger partial charge in [0.05, 0.1) is 15.9 Å². The van der Waals surface area contributed by atoms with Gasteiger partial charge in [-0.15, -0.1) is 0 Å². The van der Waals surface area contributed by atoms with Gasteiger partial charge in [-0.25, -0.2) is 4.79 Å². The zero-order valence-corrected chi connectivity index (χ0v) is 14.8. The van der Waals surface area contributed by atoms with Gasteiger partial charge in [0.2, 0.25) is 0 Å². The molecule has 20 heavy (non-hydrogen) atoms. The first kappa shape index (κ1) is 16.8. The number of carbonyl (C=O) groups is 1. The zero-order valence-electron chi connectivity index (χ0n) is 13.7. The average molecular weight is 294 g/mol. The first-order valence-corrected chi connectivity index (χ1v) is 9.90. The van der Waals surface area contributed by atoms with E-state index in [1.807, 2.05) is 6.07 Å². The summed E-state index contributed by atoms with van der Waals surface area (Å²) in [6.07, 6.45) is 0. The van der Waals surface area contributed by atoms with Gasteiger partial charge in [0.1, 0.15) is 5.75 Å². The second-order valence-corrected chi connectivity index (χ2v) is 9.31. The summed E-state index contributed by atoms with van der Waals surface area (Å²) in [4.78, 5) is 11.2. The number of esters is 1. The lowest BCUT2D eigenvalue weighted by Crippen LogP contribution is -2.35. The van der Waals surface area contributed by atoms with Crippen LogP contribution in [0.2, 0.25) is 13.1 Å². The molecule has 0 aliphatic heterocycles. The summed E-state index contributed by atoms with van der Waals surface area (Å²) in [6.45, 7) is 13.4. The van der Waals surface area contributed by atoms with Gasteiger partial charge in [0.15, 0.2) is 6.61 Å². The number of rotatable bonds is 4. The van der Waals surface area contributed by atoms with Gasteiger partial charge in [0.25, 0.3) is 0 Å². The molecule has 1 aromatic rings. The molecule has 0 bridgehead atoms. The quantitative estimate of drug-likeness (QED) is 0.632. The van der Waals surface area contributed by atoms with Crippen molar-refractivity contribution in [1.29, 1.82) is 0 Å². The highest BCUT2D eigenvalue weighted by Crippen LogP contribution is 2.26. The molecular weight excluding hydrogens is 268 g/mol. The molecule has 0 amide bonds. The lowest BCUT2D eigenvalue weighted by Gasteiger charge is -2.27. The van der Waals surface area contributed by atoms with Crippen molar-refractivity contribution in [3.8, 4) is 5.75 Å². The molecule has 1 aromatic carbocycles. The number of benzene rings is 1. The maximum absolute atomic E-state index is 11.2. The predicted molar refractivity (Wildman–Crippen MR) is 85.9 cm³/mol. The molecule has 0 aliphatic rings. The van der Waals surface area contributed by atoms with Crippen molar-refractivity contribution < 1.29 is 14.3 Å². The number of methoxy groups -OCH3 is 1. The number of ether oxygens (including phenoxy) is 2. The van der Waals surface area contributed by atoms with E-state index in [1.165, 1.54) is 23.4 Å². The third kappa shape index (κ3) is 3.85. The van der Waals surface area contributed by atoms with Gasteiger partial charge in [-0.05, 0) is 29.5 Å². The van der Waals surface area contributed by atoms with Crippen LogP contribution < -0.4 is 9.92 Å². The van der Waals surface area contributed by atoms with Gasteiger partial charge in [-0.1, -0.05) is 45.1 Å². The smallest absolute Gasteiger partial charge is 0.343 e. The molecule has 0 N–H and O–H groups in total. The number of carbonyl (C=O) groups excluding carboxylic acids is 1. The summed E-state index contributed by atoms with van der Waals surface area (Å²) < 4.78 is 10.2. The zero-order chi connectivity index (χ0) is 15.5. The second kappa shape index (κ2) is 6.44. The molecule has 0 radical (unpaired) electrons. The maximum Gasteiger partial charge on any atom is 0.343 e. The van der Waals surface area contributed by atoms with Crippen LogP contribution >= 0.6 is 0 Å². The Balaban J connectivity index is 3.19. The van der Waals surface area contributed by atoms with E-state index in [-0.39, 0.29) is 18.0 Å². The lowest BCUT2D eigenvalue weighted by atomic mass is 9.86. The minimum Gasteiger partial charge on any atom is -0.482 e. The van der Waals surface area contributed by atoms with Gasteiger partial charge in [-0.2, -0.15) is 0 Å². The van der Waals surface area contributed by atoms with E-state index >= 15 is 0 Å². The normalized spacial score (nSPS) is 11.6. The van der Waals surface area contributed by atoms with Crippen molar-refractivity contribution in [3.05, 3.63) is 23.3 Å². The predicted octanol–water partition coefficient (Wildman–Crippen LogP) is 2.54. The molecule has 0 saturated carbocycles. The van der Waals surface area contributed by atoms with Crippen molar-refractivity contribution in [1.82, 2.24) is 0 Å². The van der Waals surface area contributed by atoms with E-state index in [2.05, 4.69) is 51.6 Å². The molecule has 0 fully saturated rings. The van der Waals surface area contributed by atoms with Crippen LogP contribution in [0.5, 0.6) is 5.75 Å². The molecule has 0 aromatic heterocycles. The Morgan fingerprint density at radius 2 is 1.85 bits per heavy atom. The van der Waals surface area contributed by atoms with Crippen LogP contribution in [-0.2, 0) is 14.9 Å². The van der Waals surface area contributed by atoms with E-state index in [4.69, 9.17) is 4.74 Å². The standard InChI is InChI=1S/C16H26O3Si/c1-11-13(19-10-14(17)18-5)9-8-12(16(2,3)4)15(11)20(6)7/h8-9,20H,10H2,1-7H3. The van der Waals surface area contributed by atoms with Crippen LogP contribution in [0.3, 0.4) is 0 Å². The minimum atomic E-state index is -0.988. The third-order valence-electron chi connectivity index (χ3n) is 3.42. The van der Waals surface area contributed by atoms with Crippen LogP contribution in [-0.4, -0.2) is 28.5 Å². The minimum absolute atomic E-state index is 0.0364. The summed E-state index contributed by atoms with van der Waals surface area (Å²) >= 11 is 0. The van der Waals surface area contributed by atoms with E-state index in [1.54, 1.807) is 0 Å². The number of hydrogen-bond acceptors (Lipinski definition) is 3. The summed E-state index contributed by atoms with van der Waals surface area (Å²) in [6, 6.07) is 4.11. The summed E-state index contributed by atoms with van der Waals surface area (Å²) in [7, 11) is 0.380. The monoisotopic (exact) mass is 294 g/mol. The van der Waals surface area contributed by atoms with E-state index in [0.717, 1.165) is 5.75 Å². The second-order valence-electron chi connectivity index (χ2n) is 6.42. The summed E-state index contributed by atoms with van der Waals surface area (Å²) in [5.74, 6) is 0.437. The van der Waals surface area contributed by atoms with Crippen LogP contribution in [0.4, 0.5) is 0 Å². The molecule has 0 unspecified atom stereocenters. The molecule has 0 aliphatic carbocycles. The lowest BCUT2D eigenvalue weighted by molar-refractivity contribution is -0.142. The largest absolute Gasteiger partial charge is 0.482 e. The Morgan fingerprint density at radius 1 is 1.25 bits per heavy atom. The van der Waals surface area contributed by atoms with Crippen molar-refractivity contribution >= 4 is 20.0 Å². The van der Waals surface area contributed by atoms with Crippen molar-refractivity contribution in [2.45, 2.75) is 46.2 Å². The van der Waals surface area contributed by atoms with E-state index < -0.39 is 8.80 Å². The van der Waals surface area contributed by atoms with Crippen LogP contribution in [0.15, 0.2) is 12.1 Å². The molecule has 0 heterocycles. The van der Waals surface area contributed by atoms with Gasteiger partial charge >= 0.3 is 5.97 Å². The fourth-order valence-corrected chi connectivity index (χ4v) is 4.62. The molecule has 0 atom stereocenters. The van der Waals surface area contributed by atoms with Crippen molar-refractivity contribution in [2.24, 2.45) is 0 Å². The Morgan fingerprint density at radius 3 is 2.30 bits per heavy atom. The Hall–Kier alpha value is -1.29. The highest BCUT2D eigenvalue weighted by molar-refractivity contribution is 6.71. The van der Waals surface area contributed by atoms with E-state index in [0.29, 0.717) is 0 Å². The summed E-state index contributed by atoms with van der Waals surface area (Å²) in [5, 5.41) is 1.44. The average Bonchev–Trinajstić information content (AvgIpc) is 2.34.